The van der Waals surface area contributed by atoms with Crippen LogP contribution in [0.5, 0.6) is 0 Å². The summed E-state index contributed by atoms with van der Waals surface area (Å²) in [5.74, 6) is 0.180. The van der Waals surface area contributed by atoms with Crippen molar-refractivity contribution in [2.75, 3.05) is 20.1 Å². The van der Waals surface area contributed by atoms with Crippen LogP contribution in [0.2, 0.25) is 0 Å². The second-order valence-corrected chi connectivity index (χ2v) is 6.42. The number of benzene rings is 1. The maximum atomic E-state index is 12.4. The lowest BCUT2D eigenvalue weighted by atomic mass is 10.1. The van der Waals surface area contributed by atoms with Crippen LogP contribution in [0.1, 0.15) is 32.1 Å². The molecule has 1 saturated heterocycles. The van der Waals surface area contributed by atoms with Gasteiger partial charge in [0.05, 0.1) is 17.8 Å². The van der Waals surface area contributed by atoms with Gasteiger partial charge in [0.1, 0.15) is 0 Å². The van der Waals surface area contributed by atoms with Gasteiger partial charge in [-0.1, -0.05) is 31.0 Å². The van der Waals surface area contributed by atoms with Crippen LogP contribution in [0, 0.1) is 0 Å². The summed E-state index contributed by atoms with van der Waals surface area (Å²) >= 11 is 0. The second kappa shape index (κ2) is 7.59. The molecule has 3 rings (SSSR count). The Morgan fingerprint density at radius 3 is 3.09 bits per heavy atom. The molecule has 0 spiro atoms. The van der Waals surface area contributed by atoms with Gasteiger partial charge in [-0.3, -0.25) is 14.4 Å². The maximum absolute atomic E-state index is 12.4. The third kappa shape index (κ3) is 3.91. The van der Waals surface area contributed by atoms with Gasteiger partial charge in [-0.05, 0) is 38.9 Å². The monoisotopic (exact) mass is 314 g/mol. The standard InChI is InChI=1S/C18H26N4O/c1-21-12-6-2-3-10-17(21)18(23)19-11-7-13-22-16-9-5-4-8-15(16)14-20-22/h4-5,8-9,14,17H,2-3,6-7,10-13H2,1H3,(H,19,23). The molecule has 5 heteroatoms. The number of rotatable bonds is 5. The average Bonchev–Trinajstić information content (AvgIpc) is 2.85. The number of carbonyl (C=O) groups excluding carboxylic acids is 1. The Morgan fingerprint density at radius 2 is 2.17 bits per heavy atom. The number of para-hydroxylation sites is 1. The fourth-order valence-corrected chi connectivity index (χ4v) is 3.35. The van der Waals surface area contributed by atoms with E-state index in [1.54, 1.807) is 0 Å². The number of aryl methyl sites for hydroxylation is 1. The lowest BCUT2D eigenvalue weighted by Gasteiger charge is -2.24. The minimum absolute atomic E-state index is 0.0445. The fraction of sp³-hybridized carbons (Fsp3) is 0.556. The second-order valence-electron chi connectivity index (χ2n) is 6.42. The number of carbonyl (C=O) groups is 1. The van der Waals surface area contributed by atoms with E-state index in [0.717, 1.165) is 43.3 Å². The Bertz CT molecular complexity index is 651. The van der Waals surface area contributed by atoms with E-state index in [1.807, 2.05) is 23.0 Å². The van der Waals surface area contributed by atoms with Gasteiger partial charge < -0.3 is 5.32 Å². The van der Waals surface area contributed by atoms with Crippen LogP contribution < -0.4 is 5.32 Å². The molecule has 1 atom stereocenters. The minimum Gasteiger partial charge on any atom is -0.355 e. The van der Waals surface area contributed by atoms with Crippen molar-refractivity contribution in [3.8, 4) is 0 Å². The van der Waals surface area contributed by atoms with Crippen molar-refractivity contribution in [3.63, 3.8) is 0 Å². The predicted octanol–water partition coefficient (Wildman–Crippen LogP) is 2.42. The van der Waals surface area contributed by atoms with Crippen LogP contribution in [-0.2, 0) is 11.3 Å². The van der Waals surface area contributed by atoms with Crippen molar-refractivity contribution in [3.05, 3.63) is 30.5 Å². The summed E-state index contributed by atoms with van der Waals surface area (Å²) in [4.78, 5) is 14.6. The molecule has 1 aromatic carbocycles. The van der Waals surface area contributed by atoms with E-state index in [0.29, 0.717) is 6.54 Å². The van der Waals surface area contributed by atoms with E-state index in [-0.39, 0.29) is 11.9 Å². The third-order valence-electron chi connectivity index (χ3n) is 4.72. The third-order valence-corrected chi connectivity index (χ3v) is 4.72. The fourth-order valence-electron chi connectivity index (χ4n) is 3.35. The molecule has 5 nitrogen and oxygen atoms in total. The molecule has 0 saturated carbocycles. The molecule has 124 valence electrons. The topological polar surface area (TPSA) is 50.2 Å². The molecule has 0 bridgehead atoms. The highest BCUT2D eigenvalue weighted by Gasteiger charge is 2.24. The highest BCUT2D eigenvalue weighted by molar-refractivity contribution is 5.81. The van der Waals surface area contributed by atoms with Crippen molar-refractivity contribution in [2.45, 2.75) is 44.7 Å². The first-order chi connectivity index (χ1) is 11.3. The zero-order valence-electron chi connectivity index (χ0n) is 13.9. The Balaban J connectivity index is 1.46. The SMILES string of the molecule is CN1CCCCCC1C(=O)NCCCn1ncc2ccccc21. The van der Waals surface area contributed by atoms with Gasteiger partial charge in [-0.15, -0.1) is 0 Å². The highest BCUT2D eigenvalue weighted by atomic mass is 16.2. The lowest BCUT2D eigenvalue weighted by Crippen LogP contribution is -2.45. The average molecular weight is 314 g/mol. The molecule has 1 fully saturated rings. The van der Waals surface area contributed by atoms with Gasteiger partial charge in [-0.25, -0.2) is 0 Å². The molecule has 0 aliphatic carbocycles. The number of hydrogen-bond acceptors (Lipinski definition) is 3. The van der Waals surface area contributed by atoms with Crippen LogP contribution in [0.4, 0.5) is 0 Å². The number of fused-ring (bicyclic) bond motifs is 1. The summed E-state index contributed by atoms with van der Waals surface area (Å²) in [5, 5.41) is 8.68. The van der Waals surface area contributed by atoms with E-state index in [1.165, 1.54) is 12.8 Å². The summed E-state index contributed by atoms with van der Waals surface area (Å²) in [6.45, 7) is 2.56. The first-order valence-electron chi connectivity index (χ1n) is 8.64. The number of nitrogens with zero attached hydrogens (tertiary/aromatic N) is 3. The van der Waals surface area contributed by atoms with Crippen molar-refractivity contribution in [1.29, 1.82) is 0 Å². The van der Waals surface area contributed by atoms with E-state index < -0.39 is 0 Å². The zero-order valence-corrected chi connectivity index (χ0v) is 13.9. The van der Waals surface area contributed by atoms with E-state index >= 15 is 0 Å². The van der Waals surface area contributed by atoms with Crippen LogP contribution in [0.15, 0.2) is 30.5 Å². The predicted molar refractivity (Wildman–Crippen MR) is 92.2 cm³/mol. The van der Waals surface area contributed by atoms with Gasteiger partial charge in [0.25, 0.3) is 0 Å². The maximum Gasteiger partial charge on any atom is 0.237 e. The summed E-state index contributed by atoms with van der Waals surface area (Å²) in [6.07, 6.45) is 7.36. The summed E-state index contributed by atoms with van der Waals surface area (Å²) in [7, 11) is 2.06. The van der Waals surface area contributed by atoms with Crippen LogP contribution >= 0.6 is 0 Å². The molecule has 1 aliphatic rings. The number of likely N-dealkylation sites (N-methyl/N-ethyl adjacent to an activating group) is 1. The highest BCUT2D eigenvalue weighted by Crippen LogP contribution is 2.15. The molecular formula is C18H26N4O. The molecule has 1 N–H and O–H groups in total. The largest absolute Gasteiger partial charge is 0.355 e. The normalized spacial score (nSPS) is 19.6. The van der Waals surface area contributed by atoms with Gasteiger partial charge in [-0.2, -0.15) is 5.10 Å². The Morgan fingerprint density at radius 1 is 1.30 bits per heavy atom. The molecule has 2 aromatic rings. The molecule has 1 unspecified atom stereocenters. The summed E-state index contributed by atoms with van der Waals surface area (Å²) < 4.78 is 2.01. The molecule has 23 heavy (non-hydrogen) atoms. The minimum atomic E-state index is 0.0445. The van der Waals surface area contributed by atoms with Crippen molar-refractivity contribution in [2.24, 2.45) is 0 Å². The number of hydrogen-bond donors (Lipinski definition) is 1. The number of amides is 1. The van der Waals surface area contributed by atoms with Crippen molar-refractivity contribution < 1.29 is 4.79 Å². The van der Waals surface area contributed by atoms with Gasteiger partial charge >= 0.3 is 0 Å². The van der Waals surface area contributed by atoms with Gasteiger partial charge in [0.2, 0.25) is 5.91 Å². The van der Waals surface area contributed by atoms with Crippen LogP contribution in [0.25, 0.3) is 10.9 Å². The molecule has 1 aromatic heterocycles. The summed E-state index contributed by atoms with van der Waals surface area (Å²) in [6, 6.07) is 8.26. The molecule has 2 heterocycles. The Labute approximate surface area is 137 Å². The molecule has 1 amide bonds. The Hall–Kier alpha value is -1.88. The lowest BCUT2D eigenvalue weighted by molar-refractivity contribution is -0.126. The van der Waals surface area contributed by atoms with E-state index in [9.17, 15) is 4.79 Å². The quantitative estimate of drug-likeness (QED) is 0.862. The zero-order chi connectivity index (χ0) is 16.1. The number of nitrogens with one attached hydrogen (secondary N) is 1. The van der Waals surface area contributed by atoms with E-state index in [2.05, 4.69) is 34.5 Å². The number of aromatic nitrogens is 2. The van der Waals surface area contributed by atoms with Crippen LogP contribution in [-0.4, -0.2) is 46.8 Å². The summed E-state index contributed by atoms with van der Waals surface area (Å²) in [5.41, 5.74) is 1.15. The Kier molecular flexibility index (Phi) is 5.28. The van der Waals surface area contributed by atoms with E-state index in [4.69, 9.17) is 0 Å². The van der Waals surface area contributed by atoms with Gasteiger partial charge in [0, 0.05) is 18.5 Å². The van der Waals surface area contributed by atoms with Crippen LogP contribution in [0.3, 0.4) is 0 Å². The molecule has 1 aliphatic heterocycles. The van der Waals surface area contributed by atoms with Crippen molar-refractivity contribution >= 4 is 16.8 Å². The molecule has 0 radical (unpaired) electrons. The first-order valence-corrected chi connectivity index (χ1v) is 8.64. The smallest absolute Gasteiger partial charge is 0.237 e. The molecular weight excluding hydrogens is 288 g/mol. The van der Waals surface area contributed by atoms with Crippen molar-refractivity contribution in [1.82, 2.24) is 20.0 Å². The number of likely N-dealkylation sites (tertiary alicyclic amines) is 1. The van der Waals surface area contributed by atoms with Gasteiger partial charge in [0.15, 0.2) is 0 Å². The first kappa shape index (κ1) is 16.0.